The van der Waals surface area contributed by atoms with Crippen LogP contribution in [-0.2, 0) is 0 Å². The Labute approximate surface area is 104 Å². The maximum Gasteiger partial charge on any atom is 0.339 e. The van der Waals surface area contributed by atoms with Crippen LogP contribution in [0.2, 0.25) is 0 Å². The van der Waals surface area contributed by atoms with Crippen molar-refractivity contribution in [3.05, 3.63) is 30.1 Å². The lowest BCUT2D eigenvalue weighted by atomic mass is 10.2. The Hall–Kier alpha value is -2.08. The number of likely N-dealkylation sites (N-methyl/N-ethyl adjacent to an activating group) is 1. The minimum absolute atomic E-state index is 0.0748. The van der Waals surface area contributed by atoms with E-state index in [1.807, 2.05) is 17.9 Å². The number of hydrogen-bond donors (Lipinski definition) is 2. The van der Waals surface area contributed by atoms with Crippen molar-refractivity contribution < 1.29 is 15.0 Å². The van der Waals surface area contributed by atoms with Gasteiger partial charge < -0.3 is 15.1 Å². The van der Waals surface area contributed by atoms with E-state index < -0.39 is 5.97 Å². The van der Waals surface area contributed by atoms with Gasteiger partial charge in [-0.05, 0) is 19.1 Å². The minimum Gasteiger partial charge on any atom is -0.478 e. The third-order valence-electron chi connectivity index (χ3n) is 2.85. The predicted molar refractivity (Wildman–Crippen MR) is 67.1 cm³/mol. The molecular formula is C12H15N3O3. The smallest absolute Gasteiger partial charge is 0.339 e. The van der Waals surface area contributed by atoms with Crippen molar-refractivity contribution in [2.45, 2.75) is 6.92 Å². The van der Waals surface area contributed by atoms with Gasteiger partial charge in [0.2, 0.25) is 0 Å². The SMILES string of the molecule is CCN(CCO)c1ccc2c(C(=O)O)cnn2c1. The van der Waals surface area contributed by atoms with E-state index >= 15 is 0 Å². The number of pyridine rings is 1. The Kier molecular flexibility index (Phi) is 3.47. The van der Waals surface area contributed by atoms with Gasteiger partial charge in [0.15, 0.2) is 0 Å². The average Bonchev–Trinajstić information content (AvgIpc) is 2.78. The molecule has 2 aromatic heterocycles. The Morgan fingerprint density at radius 3 is 2.89 bits per heavy atom. The number of fused-ring (bicyclic) bond motifs is 1. The first kappa shape index (κ1) is 12.4. The number of aliphatic hydroxyl groups is 1. The van der Waals surface area contributed by atoms with Crippen molar-refractivity contribution >= 4 is 17.2 Å². The zero-order valence-corrected chi connectivity index (χ0v) is 10.1. The summed E-state index contributed by atoms with van der Waals surface area (Å²) in [5.74, 6) is -0.986. The van der Waals surface area contributed by atoms with Crippen LogP contribution < -0.4 is 4.90 Å². The summed E-state index contributed by atoms with van der Waals surface area (Å²) in [4.78, 5) is 12.9. The van der Waals surface area contributed by atoms with Crippen molar-refractivity contribution in [2.75, 3.05) is 24.6 Å². The third kappa shape index (κ3) is 2.14. The van der Waals surface area contributed by atoms with Crippen LogP contribution in [0.1, 0.15) is 17.3 Å². The third-order valence-corrected chi connectivity index (χ3v) is 2.85. The molecule has 0 aliphatic heterocycles. The molecule has 96 valence electrons. The van der Waals surface area contributed by atoms with Gasteiger partial charge in [-0.3, -0.25) is 0 Å². The summed E-state index contributed by atoms with van der Waals surface area (Å²) >= 11 is 0. The maximum atomic E-state index is 11.0. The lowest BCUT2D eigenvalue weighted by molar-refractivity contribution is 0.0699. The molecule has 0 fully saturated rings. The van der Waals surface area contributed by atoms with E-state index in [-0.39, 0.29) is 12.2 Å². The summed E-state index contributed by atoms with van der Waals surface area (Å²) in [6.07, 6.45) is 3.10. The van der Waals surface area contributed by atoms with Crippen LogP contribution in [0.25, 0.3) is 5.52 Å². The molecule has 0 spiro atoms. The second-order valence-electron chi connectivity index (χ2n) is 3.88. The molecule has 0 bridgehead atoms. The van der Waals surface area contributed by atoms with Crippen LogP contribution in [0.4, 0.5) is 5.69 Å². The van der Waals surface area contributed by atoms with Gasteiger partial charge in [0.25, 0.3) is 0 Å². The number of aromatic nitrogens is 2. The van der Waals surface area contributed by atoms with Gasteiger partial charge in [0.1, 0.15) is 5.56 Å². The highest BCUT2D eigenvalue weighted by Gasteiger charge is 2.12. The van der Waals surface area contributed by atoms with Crippen molar-refractivity contribution in [1.82, 2.24) is 9.61 Å². The van der Waals surface area contributed by atoms with Gasteiger partial charge in [0, 0.05) is 13.1 Å². The Bertz CT molecular complexity index is 565. The summed E-state index contributed by atoms with van der Waals surface area (Å²) in [5, 5.41) is 22.0. The van der Waals surface area contributed by atoms with E-state index in [9.17, 15) is 4.79 Å². The summed E-state index contributed by atoms with van der Waals surface area (Å²) in [6.45, 7) is 3.37. The number of carboxylic acid groups (broad SMARTS) is 1. The van der Waals surface area contributed by atoms with Gasteiger partial charge >= 0.3 is 5.97 Å². The summed E-state index contributed by atoms with van der Waals surface area (Å²) in [5.41, 5.74) is 1.65. The molecule has 0 aliphatic carbocycles. The van der Waals surface area contributed by atoms with E-state index in [0.717, 1.165) is 12.2 Å². The average molecular weight is 249 g/mol. The first-order valence-electron chi connectivity index (χ1n) is 5.74. The highest BCUT2D eigenvalue weighted by molar-refractivity contribution is 5.95. The molecule has 0 atom stereocenters. The fourth-order valence-corrected chi connectivity index (χ4v) is 1.92. The van der Waals surface area contributed by atoms with Crippen LogP contribution in [0.3, 0.4) is 0 Å². The van der Waals surface area contributed by atoms with Crippen molar-refractivity contribution in [2.24, 2.45) is 0 Å². The largest absolute Gasteiger partial charge is 0.478 e. The van der Waals surface area contributed by atoms with E-state index in [4.69, 9.17) is 10.2 Å². The zero-order chi connectivity index (χ0) is 13.1. The maximum absolute atomic E-state index is 11.0. The van der Waals surface area contributed by atoms with Gasteiger partial charge in [-0.1, -0.05) is 0 Å². The van der Waals surface area contributed by atoms with Crippen molar-refractivity contribution in [3.8, 4) is 0 Å². The number of rotatable bonds is 5. The molecule has 0 aromatic carbocycles. The van der Waals surface area contributed by atoms with E-state index in [2.05, 4.69) is 5.10 Å². The molecule has 0 aliphatic rings. The van der Waals surface area contributed by atoms with E-state index in [1.165, 1.54) is 6.20 Å². The summed E-state index contributed by atoms with van der Waals surface area (Å²) < 4.78 is 1.54. The topological polar surface area (TPSA) is 78.1 Å². The highest BCUT2D eigenvalue weighted by atomic mass is 16.4. The molecule has 2 N–H and O–H groups in total. The molecule has 0 radical (unpaired) electrons. The Balaban J connectivity index is 2.42. The molecule has 0 saturated heterocycles. The molecule has 2 rings (SSSR count). The van der Waals surface area contributed by atoms with Gasteiger partial charge in [-0.15, -0.1) is 0 Å². The highest BCUT2D eigenvalue weighted by Crippen LogP contribution is 2.18. The van der Waals surface area contributed by atoms with Gasteiger partial charge in [-0.2, -0.15) is 5.10 Å². The second kappa shape index (κ2) is 5.05. The van der Waals surface area contributed by atoms with E-state index in [1.54, 1.807) is 16.8 Å². The molecule has 0 unspecified atom stereocenters. The molecular weight excluding hydrogens is 234 g/mol. The van der Waals surface area contributed by atoms with Crippen LogP contribution in [0.15, 0.2) is 24.5 Å². The van der Waals surface area contributed by atoms with Crippen LogP contribution >= 0.6 is 0 Å². The molecule has 2 heterocycles. The van der Waals surface area contributed by atoms with Gasteiger partial charge in [0.05, 0.1) is 30.2 Å². The molecule has 0 saturated carbocycles. The van der Waals surface area contributed by atoms with E-state index in [0.29, 0.717) is 12.1 Å². The first-order chi connectivity index (χ1) is 8.67. The minimum atomic E-state index is -0.986. The van der Waals surface area contributed by atoms with Gasteiger partial charge in [-0.25, -0.2) is 9.31 Å². The fraction of sp³-hybridized carbons (Fsp3) is 0.333. The zero-order valence-electron chi connectivity index (χ0n) is 10.1. The van der Waals surface area contributed by atoms with Crippen molar-refractivity contribution in [3.63, 3.8) is 0 Å². The normalized spacial score (nSPS) is 10.8. The number of carboxylic acids is 1. The molecule has 2 aromatic rings. The number of aliphatic hydroxyl groups excluding tert-OH is 1. The monoisotopic (exact) mass is 249 g/mol. The van der Waals surface area contributed by atoms with Crippen molar-refractivity contribution in [1.29, 1.82) is 0 Å². The summed E-state index contributed by atoms with van der Waals surface area (Å²) in [6, 6.07) is 3.56. The fourth-order valence-electron chi connectivity index (χ4n) is 1.92. The Morgan fingerprint density at radius 1 is 1.50 bits per heavy atom. The molecule has 0 amide bonds. The lowest BCUT2D eigenvalue weighted by Gasteiger charge is -2.21. The first-order valence-corrected chi connectivity index (χ1v) is 5.74. The lowest BCUT2D eigenvalue weighted by Crippen LogP contribution is -2.26. The number of anilines is 1. The second-order valence-corrected chi connectivity index (χ2v) is 3.88. The number of hydrogen-bond acceptors (Lipinski definition) is 4. The van der Waals surface area contributed by atoms with Crippen LogP contribution in [0.5, 0.6) is 0 Å². The standard InChI is InChI=1S/C12H15N3O3/c1-2-14(5-6-16)9-3-4-11-10(12(17)18)7-13-15(11)8-9/h3-4,7-8,16H,2,5-6H2,1H3,(H,17,18). The number of aromatic carboxylic acids is 1. The number of nitrogens with zero attached hydrogens (tertiary/aromatic N) is 3. The quantitative estimate of drug-likeness (QED) is 0.821. The molecule has 6 nitrogen and oxygen atoms in total. The Morgan fingerprint density at radius 2 is 2.28 bits per heavy atom. The summed E-state index contributed by atoms with van der Waals surface area (Å²) in [7, 11) is 0. The number of carbonyl (C=O) groups is 1. The van der Waals surface area contributed by atoms with Crippen LogP contribution in [-0.4, -0.2) is 45.5 Å². The van der Waals surface area contributed by atoms with Crippen LogP contribution in [0, 0.1) is 0 Å². The molecule has 18 heavy (non-hydrogen) atoms. The predicted octanol–water partition coefficient (Wildman–Crippen LogP) is 0.851. The molecule has 6 heteroatoms.